The zero-order valence-electron chi connectivity index (χ0n) is 8.46. The molecule has 0 unspecified atom stereocenters. The zero-order valence-corrected chi connectivity index (χ0v) is 11.6. The molecule has 0 atom stereocenters. The number of anilines is 1. The lowest BCUT2D eigenvalue weighted by molar-refractivity contribution is -0.0914. The van der Waals surface area contributed by atoms with Gasteiger partial charge in [0.2, 0.25) is 0 Å². The van der Waals surface area contributed by atoms with E-state index in [0.717, 1.165) is 14.8 Å². The Kier molecular flexibility index (Phi) is 5.52. The summed E-state index contributed by atoms with van der Waals surface area (Å²) < 4.78 is 11.9. The second-order valence-electron chi connectivity index (χ2n) is 2.77. The maximum atomic E-state index is 5.05. The first-order chi connectivity index (χ1) is 7.17. The fraction of sp³-hybridized carbons (Fsp3) is 0.444. The van der Waals surface area contributed by atoms with E-state index in [4.69, 9.17) is 9.47 Å². The third-order valence-corrected chi connectivity index (χ3v) is 2.81. The first-order valence-corrected chi connectivity index (χ1v) is 5.86. The lowest BCUT2D eigenvalue weighted by atomic mass is 10.4. The predicted octanol–water partition coefficient (Wildman–Crippen LogP) is 2.64. The van der Waals surface area contributed by atoms with Gasteiger partial charge in [-0.25, -0.2) is 4.98 Å². The highest BCUT2D eigenvalue weighted by atomic mass is 79.9. The molecule has 0 aromatic carbocycles. The minimum Gasteiger partial charge on any atom is -0.364 e. The van der Waals surface area contributed by atoms with E-state index in [-0.39, 0.29) is 6.29 Å². The number of ether oxygens (including phenoxy) is 2. The molecule has 0 aliphatic rings. The van der Waals surface area contributed by atoms with E-state index in [1.54, 1.807) is 20.4 Å². The fourth-order valence-corrected chi connectivity index (χ4v) is 2.12. The van der Waals surface area contributed by atoms with Crippen LogP contribution in [0.4, 0.5) is 5.82 Å². The van der Waals surface area contributed by atoms with Gasteiger partial charge in [0.25, 0.3) is 0 Å². The highest BCUT2D eigenvalue weighted by molar-refractivity contribution is 9.11. The van der Waals surface area contributed by atoms with Crippen molar-refractivity contribution in [2.45, 2.75) is 6.29 Å². The van der Waals surface area contributed by atoms with Gasteiger partial charge in [0.1, 0.15) is 5.82 Å². The van der Waals surface area contributed by atoms with Crippen molar-refractivity contribution in [3.63, 3.8) is 0 Å². The first-order valence-electron chi connectivity index (χ1n) is 4.28. The maximum absolute atomic E-state index is 5.05. The number of methoxy groups -OCH3 is 2. The quantitative estimate of drug-likeness (QED) is 0.837. The predicted molar refractivity (Wildman–Crippen MR) is 65.9 cm³/mol. The van der Waals surface area contributed by atoms with E-state index in [1.165, 1.54) is 0 Å². The Morgan fingerprint density at radius 1 is 1.40 bits per heavy atom. The Balaban J connectivity index is 2.57. The Hall–Kier alpha value is -0.170. The molecule has 0 radical (unpaired) electrons. The average molecular weight is 340 g/mol. The van der Waals surface area contributed by atoms with E-state index in [2.05, 4.69) is 42.2 Å². The van der Waals surface area contributed by atoms with E-state index < -0.39 is 0 Å². The molecule has 1 aromatic rings. The third-order valence-electron chi connectivity index (χ3n) is 1.77. The monoisotopic (exact) mass is 338 g/mol. The molecular formula is C9H12Br2N2O2. The summed E-state index contributed by atoms with van der Waals surface area (Å²) in [6, 6.07) is 1.92. The Morgan fingerprint density at radius 3 is 2.60 bits per heavy atom. The molecule has 6 heteroatoms. The van der Waals surface area contributed by atoms with Crippen LogP contribution in [-0.2, 0) is 9.47 Å². The molecule has 1 aromatic heterocycles. The maximum Gasteiger partial charge on any atom is 0.173 e. The van der Waals surface area contributed by atoms with E-state index in [9.17, 15) is 0 Å². The average Bonchev–Trinajstić information content (AvgIpc) is 2.22. The molecular weight excluding hydrogens is 328 g/mol. The molecule has 0 saturated heterocycles. The van der Waals surface area contributed by atoms with E-state index in [0.29, 0.717) is 6.54 Å². The number of rotatable bonds is 5. The number of hydrogen-bond donors (Lipinski definition) is 1. The zero-order chi connectivity index (χ0) is 11.3. The molecule has 0 aliphatic carbocycles. The van der Waals surface area contributed by atoms with Crippen LogP contribution in [0.5, 0.6) is 0 Å². The van der Waals surface area contributed by atoms with Crippen molar-refractivity contribution in [2.75, 3.05) is 26.1 Å². The summed E-state index contributed by atoms with van der Waals surface area (Å²) in [5, 5.41) is 3.11. The Morgan fingerprint density at radius 2 is 2.07 bits per heavy atom. The van der Waals surface area contributed by atoms with Crippen molar-refractivity contribution in [1.82, 2.24) is 4.98 Å². The Bertz CT molecular complexity index is 319. The molecule has 0 bridgehead atoms. The number of pyridine rings is 1. The number of nitrogens with one attached hydrogen (secondary N) is 1. The molecule has 1 heterocycles. The van der Waals surface area contributed by atoms with Gasteiger partial charge in [-0.1, -0.05) is 0 Å². The van der Waals surface area contributed by atoms with E-state index in [1.807, 2.05) is 6.07 Å². The van der Waals surface area contributed by atoms with E-state index >= 15 is 0 Å². The van der Waals surface area contributed by atoms with Crippen molar-refractivity contribution < 1.29 is 9.47 Å². The number of hydrogen-bond acceptors (Lipinski definition) is 4. The summed E-state index contributed by atoms with van der Waals surface area (Å²) in [4.78, 5) is 4.20. The summed E-state index contributed by atoms with van der Waals surface area (Å²) in [6.07, 6.45) is 1.45. The highest BCUT2D eigenvalue weighted by Crippen LogP contribution is 2.23. The molecule has 0 spiro atoms. The second kappa shape index (κ2) is 6.42. The molecule has 84 valence electrons. The molecule has 1 rings (SSSR count). The molecule has 0 aliphatic heterocycles. The van der Waals surface area contributed by atoms with Crippen LogP contribution in [0.25, 0.3) is 0 Å². The molecule has 0 fully saturated rings. The standard InChI is InChI=1S/C9H12Br2N2O2/c1-14-8(15-2)5-13-9-7(11)3-6(10)4-12-9/h3-4,8H,5H2,1-2H3,(H,12,13). The molecule has 0 saturated carbocycles. The fourth-order valence-electron chi connectivity index (χ4n) is 0.988. The van der Waals surface area contributed by atoms with Gasteiger partial charge in [-0.2, -0.15) is 0 Å². The Labute approximate surface area is 106 Å². The van der Waals surface area contributed by atoms with Gasteiger partial charge in [-0.3, -0.25) is 0 Å². The van der Waals surface area contributed by atoms with Crippen molar-refractivity contribution >= 4 is 37.7 Å². The molecule has 4 nitrogen and oxygen atoms in total. The second-order valence-corrected chi connectivity index (χ2v) is 4.54. The van der Waals surface area contributed by atoms with Crippen molar-refractivity contribution in [2.24, 2.45) is 0 Å². The lowest BCUT2D eigenvalue weighted by Gasteiger charge is -2.15. The minimum absolute atomic E-state index is 0.276. The van der Waals surface area contributed by atoms with Gasteiger partial charge in [-0.05, 0) is 37.9 Å². The third kappa shape index (κ3) is 4.06. The highest BCUT2D eigenvalue weighted by Gasteiger charge is 2.07. The van der Waals surface area contributed by atoms with Gasteiger partial charge in [0, 0.05) is 24.9 Å². The van der Waals surface area contributed by atoms with Crippen LogP contribution in [-0.4, -0.2) is 32.0 Å². The van der Waals surface area contributed by atoms with Gasteiger partial charge in [0.05, 0.1) is 11.0 Å². The van der Waals surface area contributed by atoms with Crippen LogP contribution in [0.2, 0.25) is 0 Å². The smallest absolute Gasteiger partial charge is 0.173 e. The SMILES string of the molecule is COC(CNc1ncc(Br)cc1Br)OC. The first kappa shape index (κ1) is 12.9. The van der Waals surface area contributed by atoms with Crippen LogP contribution in [0.3, 0.4) is 0 Å². The molecule has 15 heavy (non-hydrogen) atoms. The minimum atomic E-state index is -0.276. The van der Waals surface area contributed by atoms with Crippen LogP contribution in [0.15, 0.2) is 21.2 Å². The summed E-state index contributed by atoms with van der Waals surface area (Å²) in [6.45, 7) is 0.542. The number of halogens is 2. The van der Waals surface area contributed by atoms with Gasteiger partial charge < -0.3 is 14.8 Å². The van der Waals surface area contributed by atoms with Crippen LogP contribution < -0.4 is 5.32 Å². The summed E-state index contributed by atoms with van der Waals surface area (Å²) in [5.41, 5.74) is 0. The lowest BCUT2D eigenvalue weighted by Crippen LogP contribution is -2.24. The molecule has 0 amide bonds. The van der Waals surface area contributed by atoms with Gasteiger partial charge in [0.15, 0.2) is 6.29 Å². The summed E-state index contributed by atoms with van der Waals surface area (Å²) >= 11 is 6.74. The normalized spacial score (nSPS) is 10.7. The summed E-state index contributed by atoms with van der Waals surface area (Å²) in [7, 11) is 3.19. The topological polar surface area (TPSA) is 43.4 Å². The van der Waals surface area contributed by atoms with Crippen LogP contribution in [0.1, 0.15) is 0 Å². The number of nitrogens with zero attached hydrogens (tertiary/aromatic N) is 1. The molecule has 1 N–H and O–H groups in total. The van der Waals surface area contributed by atoms with Crippen molar-refractivity contribution in [1.29, 1.82) is 0 Å². The summed E-state index contributed by atoms with van der Waals surface area (Å²) in [5.74, 6) is 0.761. The van der Waals surface area contributed by atoms with Crippen molar-refractivity contribution in [3.8, 4) is 0 Å². The largest absolute Gasteiger partial charge is 0.364 e. The van der Waals surface area contributed by atoms with Gasteiger partial charge >= 0.3 is 0 Å². The number of aromatic nitrogens is 1. The van der Waals surface area contributed by atoms with Crippen LogP contribution in [0, 0.1) is 0 Å². The van der Waals surface area contributed by atoms with Crippen LogP contribution >= 0.6 is 31.9 Å². The van der Waals surface area contributed by atoms with Gasteiger partial charge in [-0.15, -0.1) is 0 Å². The van der Waals surface area contributed by atoms with Crippen molar-refractivity contribution in [3.05, 3.63) is 21.2 Å².